The topological polar surface area (TPSA) is 33.1 Å². The van der Waals surface area contributed by atoms with E-state index in [2.05, 4.69) is 15.2 Å². The summed E-state index contributed by atoms with van der Waals surface area (Å²) in [5.41, 5.74) is 2.91. The van der Waals surface area contributed by atoms with Crippen molar-refractivity contribution < 1.29 is 13.2 Å². The minimum atomic E-state index is -4.44. The quantitative estimate of drug-likeness (QED) is 0.401. The van der Waals surface area contributed by atoms with Crippen LogP contribution in [0.3, 0.4) is 0 Å². The molecule has 1 saturated heterocycles. The van der Waals surface area contributed by atoms with Crippen LogP contribution in [0.25, 0.3) is 5.69 Å². The Bertz CT molecular complexity index is 1210. The van der Waals surface area contributed by atoms with Gasteiger partial charge in [-0.25, -0.2) is 0 Å². The molecule has 4 nitrogen and oxygen atoms in total. The standard InChI is InChI=1S/C27H29F3N4S/c1-17-16-20(18(2)33(17)23-14-7-6-12-21(23)27(28,29)30)25-24(22-13-8-9-15-31-22)32-26(35)34(25)19-10-4-3-5-11-19/h6-9,12-16,19,24-25H,3-5,10-11H2,1-2H3,(H,32,35)/t24-,25-/m0/s1. The summed E-state index contributed by atoms with van der Waals surface area (Å²) in [6, 6.07) is 13.6. The van der Waals surface area contributed by atoms with Gasteiger partial charge in [-0.2, -0.15) is 13.2 Å². The Labute approximate surface area is 209 Å². The van der Waals surface area contributed by atoms with Crippen molar-refractivity contribution in [2.45, 2.75) is 70.3 Å². The third kappa shape index (κ3) is 4.33. The fourth-order valence-electron chi connectivity index (χ4n) is 5.82. The number of hydrogen-bond donors (Lipinski definition) is 1. The smallest absolute Gasteiger partial charge is 0.352 e. The normalized spacial score (nSPS) is 21.4. The van der Waals surface area contributed by atoms with E-state index in [0.29, 0.717) is 11.2 Å². The second kappa shape index (κ2) is 9.30. The summed E-state index contributed by atoms with van der Waals surface area (Å²) in [5.74, 6) is 0. The first-order valence-electron chi connectivity index (χ1n) is 12.1. The number of halogens is 3. The SMILES string of the molecule is Cc1cc([C@H]2[C@H](c3ccccn3)NC(=S)N2C2CCCCC2)c(C)n1-c1ccccc1C(F)(F)F. The molecule has 1 N–H and O–H groups in total. The van der Waals surface area contributed by atoms with Crippen molar-refractivity contribution in [3.8, 4) is 5.69 Å². The molecule has 2 aromatic heterocycles. The fraction of sp³-hybridized carbons (Fsp3) is 0.407. The van der Waals surface area contributed by atoms with E-state index < -0.39 is 11.7 Å². The van der Waals surface area contributed by atoms with Gasteiger partial charge in [0.1, 0.15) is 0 Å². The lowest BCUT2D eigenvalue weighted by molar-refractivity contribution is -0.137. The molecule has 8 heteroatoms. The average Bonchev–Trinajstić information content (AvgIpc) is 3.34. The molecular formula is C27H29F3N4S. The van der Waals surface area contributed by atoms with Crippen molar-refractivity contribution in [3.63, 3.8) is 0 Å². The van der Waals surface area contributed by atoms with Crippen molar-refractivity contribution in [1.29, 1.82) is 0 Å². The van der Waals surface area contributed by atoms with Gasteiger partial charge in [-0.05, 0) is 74.8 Å². The summed E-state index contributed by atoms with van der Waals surface area (Å²) < 4.78 is 43.4. The van der Waals surface area contributed by atoms with Gasteiger partial charge in [-0.15, -0.1) is 0 Å². The maximum Gasteiger partial charge on any atom is 0.418 e. The van der Waals surface area contributed by atoms with E-state index in [0.717, 1.165) is 54.4 Å². The van der Waals surface area contributed by atoms with E-state index in [-0.39, 0.29) is 17.8 Å². The van der Waals surface area contributed by atoms with Crippen LogP contribution in [-0.4, -0.2) is 25.6 Å². The maximum atomic E-state index is 13.9. The van der Waals surface area contributed by atoms with Crippen LogP contribution in [0, 0.1) is 13.8 Å². The Balaban J connectivity index is 1.65. The zero-order chi connectivity index (χ0) is 24.7. The number of pyridine rings is 1. The van der Waals surface area contributed by atoms with Crippen LogP contribution in [0.4, 0.5) is 13.2 Å². The highest BCUT2D eigenvalue weighted by atomic mass is 32.1. The molecule has 0 amide bonds. The number of benzene rings is 1. The number of aryl methyl sites for hydroxylation is 1. The molecule has 0 bridgehead atoms. The molecule has 2 fully saturated rings. The molecule has 0 radical (unpaired) electrons. The van der Waals surface area contributed by atoms with Crippen LogP contribution < -0.4 is 5.32 Å². The molecule has 3 aromatic rings. The third-order valence-electron chi connectivity index (χ3n) is 7.34. The maximum absolute atomic E-state index is 13.9. The zero-order valence-corrected chi connectivity index (χ0v) is 20.7. The Morgan fingerprint density at radius 3 is 2.40 bits per heavy atom. The Kier molecular flexibility index (Phi) is 6.34. The first-order valence-corrected chi connectivity index (χ1v) is 12.5. The molecule has 5 rings (SSSR count). The lowest BCUT2D eigenvalue weighted by atomic mass is 9.90. The van der Waals surface area contributed by atoms with E-state index in [1.54, 1.807) is 22.9 Å². The minimum absolute atomic E-state index is 0.147. The Morgan fingerprint density at radius 2 is 1.71 bits per heavy atom. The fourth-order valence-corrected chi connectivity index (χ4v) is 6.21. The van der Waals surface area contributed by atoms with Gasteiger partial charge in [0.25, 0.3) is 0 Å². The zero-order valence-electron chi connectivity index (χ0n) is 19.8. The van der Waals surface area contributed by atoms with Gasteiger partial charge < -0.3 is 14.8 Å². The van der Waals surface area contributed by atoms with Crippen molar-refractivity contribution in [2.75, 3.05) is 0 Å². The third-order valence-corrected chi connectivity index (χ3v) is 7.67. The second-order valence-electron chi connectivity index (χ2n) is 9.50. The van der Waals surface area contributed by atoms with Crippen LogP contribution >= 0.6 is 12.2 Å². The summed E-state index contributed by atoms with van der Waals surface area (Å²) in [7, 11) is 0. The van der Waals surface area contributed by atoms with E-state index in [1.165, 1.54) is 12.5 Å². The first-order chi connectivity index (χ1) is 16.8. The summed E-state index contributed by atoms with van der Waals surface area (Å²) in [6.07, 6.45) is 2.98. The van der Waals surface area contributed by atoms with Gasteiger partial charge in [0.05, 0.1) is 29.0 Å². The molecule has 0 spiro atoms. The molecule has 2 atom stereocenters. The monoisotopic (exact) mass is 498 g/mol. The van der Waals surface area contributed by atoms with Gasteiger partial charge in [0.15, 0.2) is 5.11 Å². The van der Waals surface area contributed by atoms with Gasteiger partial charge in [0, 0.05) is 23.6 Å². The molecule has 1 aliphatic heterocycles. The molecular weight excluding hydrogens is 469 g/mol. The molecule has 2 aliphatic rings. The lowest BCUT2D eigenvalue weighted by Crippen LogP contribution is -2.40. The second-order valence-corrected chi connectivity index (χ2v) is 9.89. The summed E-state index contributed by atoms with van der Waals surface area (Å²) in [4.78, 5) is 6.91. The van der Waals surface area contributed by atoms with Crippen LogP contribution in [-0.2, 0) is 6.18 Å². The van der Waals surface area contributed by atoms with Gasteiger partial charge >= 0.3 is 6.18 Å². The largest absolute Gasteiger partial charge is 0.418 e. The highest BCUT2D eigenvalue weighted by Crippen LogP contribution is 2.45. The van der Waals surface area contributed by atoms with Crippen molar-refractivity contribution in [1.82, 2.24) is 19.8 Å². The minimum Gasteiger partial charge on any atom is -0.352 e. The van der Waals surface area contributed by atoms with E-state index in [9.17, 15) is 13.2 Å². The van der Waals surface area contributed by atoms with Crippen LogP contribution in [0.1, 0.15) is 72.4 Å². The van der Waals surface area contributed by atoms with Crippen molar-refractivity contribution in [2.24, 2.45) is 0 Å². The molecule has 35 heavy (non-hydrogen) atoms. The van der Waals surface area contributed by atoms with Gasteiger partial charge in [0.2, 0.25) is 0 Å². The number of rotatable bonds is 4. The van der Waals surface area contributed by atoms with Crippen LogP contribution in [0.2, 0.25) is 0 Å². The summed E-state index contributed by atoms with van der Waals surface area (Å²) in [6.45, 7) is 3.77. The predicted octanol–water partition coefficient (Wildman–Crippen LogP) is 6.81. The molecule has 1 aromatic carbocycles. The van der Waals surface area contributed by atoms with Crippen LogP contribution in [0.15, 0.2) is 54.7 Å². The molecule has 1 aliphatic carbocycles. The van der Waals surface area contributed by atoms with E-state index >= 15 is 0 Å². The number of alkyl halides is 3. The van der Waals surface area contributed by atoms with E-state index in [4.69, 9.17) is 12.2 Å². The summed E-state index contributed by atoms with van der Waals surface area (Å²) in [5, 5.41) is 4.20. The Morgan fingerprint density at radius 1 is 1.00 bits per heavy atom. The lowest BCUT2D eigenvalue weighted by Gasteiger charge is -2.37. The first kappa shape index (κ1) is 23.9. The average molecular weight is 499 g/mol. The molecule has 0 unspecified atom stereocenters. The van der Waals surface area contributed by atoms with Crippen LogP contribution in [0.5, 0.6) is 0 Å². The molecule has 1 saturated carbocycles. The number of nitrogens with one attached hydrogen (secondary N) is 1. The van der Waals surface area contributed by atoms with Gasteiger partial charge in [-0.1, -0.05) is 37.5 Å². The van der Waals surface area contributed by atoms with Crippen molar-refractivity contribution >= 4 is 17.3 Å². The molecule has 184 valence electrons. The highest BCUT2D eigenvalue weighted by Gasteiger charge is 2.44. The summed E-state index contributed by atoms with van der Waals surface area (Å²) >= 11 is 5.85. The van der Waals surface area contributed by atoms with Gasteiger partial charge in [-0.3, -0.25) is 4.98 Å². The number of aromatic nitrogens is 2. The Hall–Kier alpha value is -2.87. The van der Waals surface area contributed by atoms with Crippen molar-refractivity contribution in [3.05, 3.63) is 82.9 Å². The number of nitrogens with zero attached hydrogens (tertiary/aromatic N) is 3. The number of hydrogen-bond acceptors (Lipinski definition) is 2. The highest BCUT2D eigenvalue weighted by molar-refractivity contribution is 7.80. The van der Waals surface area contributed by atoms with E-state index in [1.807, 2.05) is 38.1 Å². The number of thiocarbonyl (C=S) groups is 1. The number of para-hydroxylation sites is 1. The predicted molar refractivity (Wildman–Crippen MR) is 134 cm³/mol. The molecule has 3 heterocycles.